The van der Waals surface area contributed by atoms with E-state index in [1.807, 2.05) is 58.0 Å². The molecular weight excluding hydrogens is 460 g/mol. The van der Waals surface area contributed by atoms with Crippen LogP contribution in [0.1, 0.15) is 66.9 Å². The van der Waals surface area contributed by atoms with E-state index in [1.165, 1.54) is 0 Å². The molecule has 7 heteroatoms. The minimum absolute atomic E-state index is 0.0404. The number of esters is 1. The Hall–Kier alpha value is -1.25. The van der Waals surface area contributed by atoms with Gasteiger partial charge in [-0.1, -0.05) is 58.0 Å². The molecule has 0 radical (unpaired) electrons. The molecule has 0 spiro atoms. The number of ether oxygens (including phenoxy) is 3. The van der Waals surface area contributed by atoms with E-state index in [9.17, 15) is 9.90 Å². The van der Waals surface area contributed by atoms with Gasteiger partial charge >= 0.3 is 5.97 Å². The normalized spacial score (nSPS) is 25.9. The van der Waals surface area contributed by atoms with E-state index >= 15 is 0 Å². The Morgan fingerprint density at radius 2 is 1.77 bits per heavy atom. The van der Waals surface area contributed by atoms with Gasteiger partial charge in [-0.3, -0.25) is 4.79 Å². The Morgan fingerprint density at radius 1 is 1.14 bits per heavy atom. The number of rotatable bonds is 10. The molecule has 1 aromatic carbocycles. The molecule has 0 aromatic heterocycles. The van der Waals surface area contributed by atoms with Crippen molar-refractivity contribution < 1.29 is 28.5 Å². The molecule has 0 bridgehead atoms. The lowest BCUT2D eigenvalue weighted by atomic mass is 9.74. The van der Waals surface area contributed by atoms with Crippen molar-refractivity contribution in [1.82, 2.24) is 0 Å². The highest BCUT2D eigenvalue weighted by Crippen LogP contribution is 2.45. The number of aliphatic hydroxyl groups is 1. The predicted octanol–water partition coefficient (Wildman–Crippen LogP) is 5.73. The second kappa shape index (κ2) is 11.9. The highest BCUT2D eigenvalue weighted by Gasteiger charge is 2.51. The molecule has 200 valence electrons. The molecule has 1 aromatic rings. The summed E-state index contributed by atoms with van der Waals surface area (Å²) in [6.45, 7) is 19.8. The van der Waals surface area contributed by atoms with E-state index in [-0.39, 0.29) is 42.5 Å². The Bertz CT molecular complexity index is 798. The topological polar surface area (TPSA) is 74.2 Å². The average molecular weight is 509 g/mol. The molecule has 0 aliphatic carbocycles. The predicted molar refractivity (Wildman–Crippen MR) is 142 cm³/mol. The van der Waals surface area contributed by atoms with E-state index in [4.69, 9.17) is 18.6 Å². The summed E-state index contributed by atoms with van der Waals surface area (Å²) in [4.78, 5) is 12.3. The van der Waals surface area contributed by atoms with Crippen molar-refractivity contribution in [3.05, 3.63) is 35.9 Å². The fourth-order valence-electron chi connectivity index (χ4n) is 3.94. The minimum atomic E-state index is -2.11. The summed E-state index contributed by atoms with van der Waals surface area (Å²) in [7, 11) is -2.11. The van der Waals surface area contributed by atoms with Crippen LogP contribution in [0.2, 0.25) is 18.1 Å². The van der Waals surface area contributed by atoms with Crippen molar-refractivity contribution in [1.29, 1.82) is 0 Å². The van der Waals surface area contributed by atoms with Gasteiger partial charge in [-0.05, 0) is 44.5 Å². The standard InChI is InChI=1S/C28H48O6Si/c1-26(2,3)25(30)32-16-15-23-28(7,20-29)24(34-35(8,9)27(4,5)6)17-22(33-23)19-31-18-21-13-11-10-12-14-21/h10-14,22-24,29H,15-20H2,1-9H3/t22-,23-,24+,28-/m1/s1. The van der Waals surface area contributed by atoms with Crippen molar-refractivity contribution in [2.45, 2.75) is 104 Å². The van der Waals surface area contributed by atoms with Crippen LogP contribution in [0.4, 0.5) is 0 Å². The van der Waals surface area contributed by atoms with Gasteiger partial charge < -0.3 is 23.7 Å². The lowest BCUT2D eigenvalue weighted by Gasteiger charge is -2.52. The molecule has 1 fully saturated rings. The number of benzene rings is 1. The highest BCUT2D eigenvalue weighted by atomic mass is 28.4. The Morgan fingerprint density at radius 3 is 2.31 bits per heavy atom. The van der Waals surface area contributed by atoms with Crippen LogP contribution in [-0.2, 0) is 30.0 Å². The highest BCUT2D eigenvalue weighted by molar-refractivity contribution is 6.74. The molecule has 0 amide bonds. The van der Waals surface area contributed by atoms with Crippen LogP contribution in [0.25, 0.3) is 0 Å². The molecule has 4 atom stereocenters. The molecule has 0 unspecified atom stereocenters. The fraction of sp³-hybridized carbons (Fsp3) is 0.750. The minimum Gasteiger partial charge on any atom is -0.465 e. The first kappa shape index (κ1) is 30.0. The Labute approximate surface area is 213 Å². The quantitative estimate of drug-likeness (QED) is 0.321. The van der Waals surface area contributed by atoms with Crippen molar-refractivity contribution in [2.75, 3.05) is 19.8 Å². The second-order valence-corrected chi connectivity index (χ2v) is 17.4. The van der Waals surface area contributed by atoms with Gasteiger partial charge in [0.25, 0.3) is 0 Å². The summed E-state index contributed by atoms with van der Waals surface area (Å²) in [6, 6.07) is 10.1. The van der Waals surface area contributed by atoms with E-state index in [2.05, 4.69) is 33.9 Å². The maximum Gasteiger partial charge on any atom is 0.311 e. The summed E-state index contributed by atoms with van der Waals surface area (Å²) < 4.78 is 25.0. The summed E-state index contributed by atoms with van der Waals surface area (Å²) in [6.07, 6.45) is 0.462. The third kappa shape index (κ3) is 8.12. The number of hydrogen-bond donors (Lipinski definition) is 1. The number of aliphatic hydroxyl groups excluding tert-OH is 1. The van der Waals surface area contributed by atoms with Crippen molar-refractivity contribution >= 4 is 14.3 Å². The lowest BCUT2D eigenvalue weighted by molar-refractivity contribution is -0.206. The molecule has 1 heterocycles. The molecule has 2 rings (SSSR count). The third-order valence-corrected chi connectivity index (χ3v) is 12.0. The number of carbonyl (C=O) groups excluding carboxylic acids is 1. The van der Waals surface area contributed by atoms with Crippen LogP contribution in [0, 0.1) is 10.8 Å². The molecular formula is C28H48O6Si. The first-order valence-electron chi connectivity index (χ1n) is 12.8. The summed E-state index contributed by atoms with van der Waals surface area (Å²) in [5, 5.41) is 10.6. The first-order chi connectivity index (χ1) is 16.1. The van der Waals surface area contributed by atoms with E-state index in [0.717, 1.165) is 5.56 Å². The summed E-state index contributed by atoms with van der Waals surface area (Å²) in [5.74, 6) is -0.240. The van der Waals surface area contributed by atoms with Crippen molar-refractivity contribution in [2.24, 2.45) is 10.8 Å². The van der Waals surface area contributed by atoms with Gasteiger partial charge in [0, 0.05) is 18.3 Å². The van der Waals surface area contributed by atoms with Crippen LogP contribution in [0.3, 0.4) is 0 Å². The van der Waals surface area contributed by atoms with E-state index < -0.39 is 19.1 Å². The number of carbonyl (C=O) groups is 1. The second-order valence-electron chi connectivity index (χ2n) is 12.7. The monoisotopic (exact) mass is 508 g/mol. The average Bonchev–Trinajstić information content (AvgIpc) is 2.75. The molecule has 1 aliphatic rings. The van der Waals surface area contributed by atoms with Gasteiger partial charge in [-0.2, -0.15) is 0 Å². The van der Waals surface area contributed by atoms with Gasteiger partial charge in [0.15, 0.2) is 8.32 Å². The third-order valence-electron chi connectivity index (χ3n) is 7.53. The lowest BCUT2D eigenvalue weighted by Crippen LogP contribution is -2.59. The zero-order valence-corrected chi connectivity index (χ0v) is 24.3. The molecule has 1 aliphatic heterocycles. The molecule has 1 N–H and O–H groups in total. The molecule has 0 saturated carbocycles. The molecule has 1 saturated heterocycles. The Balaban J connectivity index is 2.17. The fourth-order valence-corrected chi connectivity index (χ4v) is 5.37. The summed E-state index contributed by atoms with van der Waals surface area (Å²) in [5.41, 5.74) is -0.0574. The van der Waals surface area contributed by atoms with Gasteiger partial charge in [0.2, 0.25) is 0 Å². The van der Waals surface area contributed by atoms with E-state index in [1.54, 1.807) is 0 Å². The van der Waals surface area contributed by atoms with Gasteiger partial charge in [-0.15, -0.1) is 0 Å². The molecule has 35 heavy (non-hydrogen) atoms. The van der Waals surface area contributed by atoms with Crippen LogP contribution < -0.4 is 0 Å². The van der Waals surface area contributed by atoms with Crippen LogP contribution in [0.15, 0.2) is 30.3 Å². The van der Waals surface area contributed by atoms with Gasteiger partial charge in [0.1, 0.15) is 0 Å². The first-order valence-corrected chi connectivity index (χ1v) is 15.7. The largest absolute Gasteiger partial charge is 0.465 e. The van der Waals surface area contributed by atoms with Gasteiger partial charge in [-0.25, -0.2) is 0 Å². The van der Waals surface area contributed by atoms with Crippen LogP contribution >= 0.6 is 0 Å². The maximum atomic E-state index is 12.3. The van der Waals surface area contributed by atoms with Gasteiger partial charge in [0.05, 0.1) is 50.2 Å². The smallest absolute Gasteiger partial charge is 0.311 e. The van der Waals surface area contributed by atoms with Crippen LogP contribution in [-0.4, -0.2) is 57.5 Å². The van der Waals surface area contributed by atoms with Crippen LogP contribution in [0.5, 0.6) is 0 Å². The zero-order chi connectivity index (χ0) is 26.5. The summed E-state index contributed by atoms with van der Waals surface area (Å²) >= 11 is 0. The van der Waals surface area contributed by atoms with Crippen molar-refractivity contribution in [3.63, 3.8) is 0 Å². The number of hydrogen-bond acceptors (Lipinski definition) is 6. The Kier molecular flexibility index (Phi) is 10.2. The maximum absolute atomic E-state index is 12.3. The molecule has 6 nitrogen and oxygen atoms in total. The SMILES string of the molecule is CC(C)(C)C(=O)OCC[C@H]1O[C@@H](COCc2ccccc2)C[C@H](O[Si](C)(C)C(C)(C)C)[C@]1(C)CO. The van der Waals surface area contributed by atoms with Crippen molar-refractivity contribution in [3.8, 4) is 0 Å². The zero-order valence-electron chi connectivity index (χ0n) is 23.3. The van der Waals surface area contributed by atoms with E-state index in [0.29, 0.717) is 26.1 Å².